The van der Waals surface area contributed by atoms with Gasteiger partial charge in [-0.2, -0.15) is 0 Å². The van der Waals surface area contributed by atoms with Gasteiger partial charge in [-0.3, -0.25) is 4.79 Å². The van der Waals surface area contributed by atoms with E-state index in [1.807, 2.05) is 18.7 Å². The van der Waals surface area contributed by atoms with Crippen LogP contribution in [0.1, 0.15) is 44.5 Å². The number of rotatable bonds is 3. The molecular formula is C18H29ClN4O2. The summed E-state index contributed by atoms with van der Waals surface area (Å²) in [7, 11) is 0. The van der Waals surface area contributed by atoms with Crippen molar-refractivity contribution in [3.05, 3.63) is 29.8 Å². The van der Waals surface area contributed by atoms with Gasteiger partial charge in [0.15, 0.2) is 0 Å². The Labute approximate surface area is 155 Å². The fourth-order valence-corrected chi connectivity index (χ4v) is 2.86. The van der Waals surface area contributed by atoms with Crippen LogP contribution in [0.15, 0.2) is 24.3 Å². The first-order chi connectivity index (χ1) is 11.2. The molecule has 0 aliphatic carbocycles. The van der Waals surface area contributed by atoms with Crippen LogP contribution in [0.2, 0.25) is 0 Å². The van der Waals surface area contributed by atoms with Crippen LogP contribution >= 0.6 is 12.4 Å². The monoisotopic (exact) mass is 368 g/mol. The SMILES string of the molecule is CC(C)NC(=O)Nc1ccc(C(=O)N2CCC(N)C(C)(C)C2)cc1.Cl. The van der Waals surface area contributed by atoms with Crippen LogP contribution in [-0.2, 0) is 0 Å². The standard InChI is InChI=1S/C18H28N4O2.ClH/c1-12(2)20-17(24)21-14-7-5-13(6-8-14)16(23)22-10-9-15(19)18(3,4)11-22;/h5-8,12,15H,9-11,19H2,1-4H3,(H2,20,21,24);1H. The van der Waals surface area contributed by atoms with Gasteiger partial charge >= 0.3 is 6.03 Å². The average Bonchev–Trinajstić information content (AvgIpc) is 2.49. The molecule has 0 saturated carbocycles. The molecule has 140 valence electrons. The number of hydrogen-bond acceptors (Lipinski definition) is 3. The lowest BCUT2D eigenvalue weighted by atomic mass is 9.79. The summed E-state index contributed by atoms with van der Waals surface area (Å²) in [5.41, 5.74) is 7.33. The topological polar surface area (TPSA) is 87.5 Å². The third-order valence-corrected chi connectivity index (χ3v) is 4.41. The number of nitrogens with one attached hydrogen (secondary N) is 2. The van der Waals surface area contributed by atoms with Gasteiger partial charge in [-0.05, 0) is 49.9 Å². The van der Waals surface area contributed by atoms with Crippen LogP contribution in [0, 0.1) is 5.41 Å². The molecule has 25 heavy (non-hydrogen) atoms. The molecule has 0 aromatic heterocycles. The number of anilines is 1. The Hall–Kier alpha value is -1.79. The zero-order valence-electron chi connectivity index (χ0n) is 15.3. The van der Waals surface area contributed by atoms with Crippen molar-refractivity contribution in [3.8, 4) is 0 Å². The van der Waals surface area contributed by atoms with Gasteiger partial charge in [0, 0.05) is 36.4 Å². The number of nitrogens with two attached hydrogens (primary N) is 1. The predicted molar refractivity (Wildman–Crippen MR) is 103 cm³/mol. The zero-order chi connectivity index (χ0) is 17.9. The van der Waals surface area contributed by atoms with Crippen LogP contribution in [0.25, 0.3) is 0 Å². The fraction of sp³-hybridized carbons (Fsp3) is 0.556. The van der Waals surface area contributed by atoms with Crippen LogP contribution in [-0.4, -0.2) is 42.0 Å². The number of carbonyl (C=O) groups is 2. The van der Waals surface area contributed by atoms with Crippen LogP contribution < -0.4 is 16.4 Å². The van der Waals surface area contributed by atoms with Crippen molar-refractivity contribution in [2.75, 3.05) is 18.4 Å². The minimum atomic E-state index is -0.254. The molecule has 7 heteroatoms. The molecule has 0 radical (unpaired) electrons. The lowest BCUT2D eigenvalue weighted by molar-refractivity contribution is 0.0533. The van der Waals surface area contributed by atoms with E-state index in [0.29, 0.717) is 24.3 Å². The molecule has 4 N–H and O–H groups in total. The molecule has 1 aliphatic heterocycles. The van der Waals surface area contributed by atoms with Gasteiger partial charge in [-0.15, -0.1) is 12.4 Å². The van der Waals surface area contributed by atoms with Crippen molar-refractivity contribution in [3.63, 3.8) is 0 Å². The number of nitrogens with zero attached hydrogens (tertiary/aromatic N) is 1. The van der Waals surface area contributed by atoms with Gasteiger partial charge in [-0.1, -0.05) is 13.8 Å². The van der Waals surface area contributed by atoms with E-state index in [1.165, 1.54) is 0 Å². The maximum absolute atomic E-state index is 12.7. The van der Waals surface area contributed by atoms with Crippen LogP contribution in [0.4, 0.5) is 10.5 Å². The van der Waals surface area contributed by atoms with Gasteiger partial charge in [-0.25, -0.2) is 4.79 Å². The van der Waals surface area contributed by atoms with E-state index >= 15 is 0 Å². The number of piperidine rings is 1. The van der Waals surface area contributed by atoms with E-state index in [1.54, 1.807) is 24.3 Å². The number of likely N-dealkylation sites (tertiary alicyclic amines) is 1. The predicted octanol–water partition coefficient (Wildman–Crippen LogP) is 2.84. The zero-order valence-corrected chi connectivity index (χ0v) is 16.2. The second kappa shape index (κ2) is 8.54. The third kappa shape index (κ3) is 5.61. The van der Waals surface area contributed by atoms with E-state index in [0.717, 1.165) is 6.42 Å². The molecule has 1 aromatic rings. The summed E-state index contributed by atoms with van der Waals surface area (Å²) in [5.74, 6) is 0.00755. The largest absolute Gasteiger partial charge is 0.338 e. The van der Waals surface area contributed by atoms with E-state index in [9.17, 15) is 9.59 Å². The van der Waals surface area contributed by atoms with Crippen molar-refractivity contribution in [1.29, 1.82) is 0 Å². The van der Waals surface area contributed by atoms with Gasteiger partial charge in [0.2, 0.25) is 0 Å². The summed E-state index contributed by atoms with van der Waals surface area (Å²) in [6, 6.07) is 6.91. The van der Waals surface area contributed by atoms with Crippen LogP contribution in [0.5, 0.6) is 0 Å². The summed E-state index contributed by atoms with van der Waals surface area (Å²) in [6.45, 7) is 9.32. The second-order valence-corrected chi connectivity index (χ2v) is 7.44. The molecular weight excluding hydrogens is 340 g/mol. The number of urea groups is 1. The molecule has 1 heterocycles. The highest BCUT2D eigenvalue weighted by Gasteiger charge is 2.35. The van der Waals surface area contributed by atoms with Gasteiger partial charge in [0.1, 0.15) is 0 Å². The highest BCUT2D eigenvalue weighted by molar-refractivity contribution is 5.95. The molecule has 1 fully saturated rings. The quantitative estimate of drug-likeness (QED) is 0.766. The van der Waals surface area contributed by atoms with Crippen LogP contribution in [0.3, 0.4) is 0 Å². The van der Waals surface area contributed by atoms with Crippen molar-refractivity contribution >= 4 is 30.0 Å². The molecule has 1 aromatic carbocycles. The molecule has 1 unspecified atom stereocenters. The summed E-state index contributed by atoms with van der Waals surface area (Å²) in [6.07, 6.45) is 0.813. The number of carbonyl (C=O) groups excluding carboxylic acids is 2. The lowest BCUT2D eigenvalue weighted by Gasteiger charge is -2.42. The normalized spacial score (nSPS) is 19.1. The molecule has 1 aliphatic rings. The van der Waals surface area contributed by atoms with Crippen molar-refractivity contribution in [2.24, 2.45) is 11.1 Å². The highest BCUT2D eigenvalue weighted by Crippen LogP contribution is 2.28. The second-order valence-electron chi connectivity index (χ2n) is 7.44. The molecule has 1 atom stereocenters. The third-order valence-electron chi connectivity index (χ3n) is 4.41. The lowest BCUT2D eigenvalue weighted by Crippen LogP contribution is -2.53. The number of hydrogen-bond donors (Lipinski definition) is 3. The Kier molecular flexibility index (Phi) is 7.26. The van der Waals surface area contributed by atoms with Crippen molar-refractivity contribution < 1.29 is 9.59 Å². The minimum Gasteiger partial charge on any atom is -0.338 e. The summed E-state index contributed by atoms with van der Waals surface area (Å²) in [5, 5.41) is 5.50. The Morgan fingerprint density at radius 3 is 2.36 bits per heavy atom. The van der Waals surface area contributed by atoms with Crippen molar-refractivity contribution in [2.45, 2.75) is 46.2 Å². The molecule has 6 nitrogen and oxygen atoms in total. The smallest absolute Gasteiger partial charge is 0.319 e. The summed E-state index contributed by atoms with van der Waals surface area (Å²) in [4.78, 5) is 26.2. The van der Waals surface area contributed by atoms with E-state index in [2.05, 4.69) is 24.5 Å². The first-order valence-corrected chi connectivity index (χ1v) is 8.41. The van der Waals surface area contributed by atoms with Gasteiger partial charge in [0.05, 0.1) is 0 Å². The van der Waals surface area contributed by atoms with E-state index in [-0.39, 0.29) is 41.8 Å². The molecule has 2 rings (SSSR count). The Morgan fingerprint density at radius 2 is 1.84 bits per heavy atom. The fourth-order valence-electron chi connectivity index (χ4n) is 2.86. The number of halogens is 1. The first-order valence-electron chi connectivity index (χ1n) is 8.41. The van der Waals surface area contributed by atoms with E-state index < -0.39 is 0 Å². The molecule has 3 amide bonds. The summed E-state index contributed by atoms with van der Waals surface area (Å²) >= 11 is 0. The average molecular weight is 369 g/mol. The molecule has 1 saturated heterocycles. The Balaban J connectivity index is 0.00000312. The number of amides is 3. The van der Waals surface area contributed by atoms with Gasteiger partial charge in [0.25, 0.3) is 5.91 Å². The minimum absolute atomic E-state index is 0. The first kappa shape index (κ1) is 21.3. The Bertz CT molecular complexity index is 602. The molecule has 0 bridgehead atoms. The maximum atomic E-state index is 12.7. The van der Waals surface area contributed by atoms with Crippen molar-refractivity contribution in [1.82, 2.24) is 10.2 Å². The number of benzene rings is 1. The molecule has 0 spiro atoms. The van der Waals surface area contributed by atoms with E-state index in [4.69, 9.17) is 5.73 Å². The highest BCUT2D eigenvalue weighted by atomic mass is 35.5. The Morgan fingerprint density at radius 1 is 1.24 bits per heavy atom. The maximum Gasteiger partial charge on any atom is 0.319 e. The van der Waals surface area contributed by atoms with Gasteiger partial charge < -0.3 is 21.3 Å². The summed E-state index contributed by atoms with van der Waals surface area (Å²) < 4.78 is 0.